The van der Waals surface area contributed by atoms with Gasteiger partial charge in [-0.2, -0.15) is 0 Å². The second-order valence-electron chi connectivity index (χ2n) is 4.57. The maximum Gasteiger partial charge on any atom is 0.0292 e. The van der Waals surface area contributed by atoms with Crippen LogP contribution >= 0.6 is 0 Å². The van der Waals surface area contributed by atoms with Crippen molar-refractivity contribution in [3.8, 4) is 0 Å². The van der Waals surface area contributed by atoms with Gasteiger partial charge in [-0.15, -0.1) is 0 Å². The molecule has 0 aliphatic heterocycles. The molecule has 0 fully saturated rings. The number of benzene rings is 1. The molecule has 16 heavy (non-hydrogen) atoms. The summed E-state index contributed by atoms with van der Waals surface area (Å²) in [5.74, 6) is 0. The third kappa shape index (κ3) is 4.36. The number of aryl methyl sites for hydroxylation is 1. The van der Waals surface area contributed by atoms with Gasteiger partial charge in [-0.05, 0) is 30.4 Å². The summed E-state index contributed by atoms with van der Waals surface area (Å²) in [7, 11) is 0. The summed E-state index contributed by atoms with van der Waals surface area (Å²) in [5, 5.41) is 0. The molecular weight excluding hydrogens is 194 g/mol. The van der Waals surface area contributed by atoms with Crippen molar-refractivity contribution in [2.45, 2.75) is 58.4 Å². The van der Waals surface area contributed by atoms with E-state index in [1.165, 1.54) is 43.2 Å². The van der Waals surface area contributed by atoms with Gasteiger partial charge >= 0.3 is 0 Å². The van der Waals surface area contributed by atoms with Crippen molar-refractivity contribution in [2.75, 3.05) is 0 Å². The summed E-state index contributed by atoms with van der Waals surface area (Å²) in [5.41, 5.74) is 8.70. The van der Waals surface area contributed by atoms with Gasteiger partial charge in [0, 0.05) is 6.04 Å². The lowest BCUT2D eigenvalue weighted by atomic mass is 10.0. The first-order valence-corrected chi connectivity index (χ1v) is 6.62. The van der Waals surface area contributed by atoms with E-state index in [1.54, 1.807) is 0 Å². The van der Waals surface area contributed by atoms with Gasteiger partial charge in [-0.3, -0.25) is 0 Å². The van der Waals surface area contributed by atoms with Crippen molar-refractivity contribution in [3.63, 3.8) is 0 Å². The monoisotopic (exact) mass is 219 g/mol. The molecule has 0 aliphatic carbocycles. The molecule has 0 bridgehead atoms. The Bertz CT molecular complexity index is 276. The Morgan fingerprint density at radius 2 is 1.69 bits per heavy atom. The topological polar surface area (TPSA) is 26.0 Å². The van der Waals surface area contributed by atoms with Gasteiger partial charge in [0.25, 0.3) is 0 Å². The van der Waals surface area contributed by atoms with E-state index in [2.05, 4.69) is 38.1 Å². The summed E-state index contributed by atoms with van der Waals surface area (Å²) < 4.78 is 0. The molecule has 90 valence electrons. The maximum atomic E-state index is 5.98. The van der Waals surface area contributed by atoms with Gasteiger partial charge in [0.1, 0.15) is 0 Å². The van der Waals surface area contributed by atoms with Crippen LogP contribution in [0.25, 0.3) is 0 Å². The smallest absolute Gasteiger partial charge is 0.0292 e. The highest BCUT2D eigenvalue weighted by Gasteiger charge is 2.02. The largest absolute Gasteiger partial charge is 0.324 e. The molecule has 1 rings (SSSR count). The molecule has 0 spiro atoms. The van der Waals surface area contributed by atoms with Gasteiger partial charge < -0.3 is 5.73 Å². The number of nitrogens with two attached hydrogens (primary N) is 1. The number of hydrogen-bond acceptors (Lipinski definition) is 1. The van der Waals surface area contributed by atoms with Crippen LogP contribution in [0.3, 0.4) is 0 Å². The zero-order valence-corrected chi connectivity index (χ0v) is 10.7. The molecule has 0 aromatic heterocycles. The van der Waals surface area contributed by atoms with Crippen LogP contribution in [-0.4, -0.2) is 0 Å². The Hall–Kier alpha value is -0.820. The molecule has 1 aromatic carbocycles. The zero-order chi connectivity index (χ0) is 11.8. The minimum absolute atomic E-state index is 0.203. The van der Waals surface area contributed by atoms with E-state index in [4.69, 9.17) is 5.73 Å². The molecule has 1 aromatic rings. The van der Waals surface area contributed by atoms with Crippen LogP contribution in [0.1, 0.15) is 63.1 Å². The minimum atomic E-state index is 0.203. The predicted molar refractivity (Wildman–Crippen MR) is 71.5 cm³/mol. The predicted octanol–water partition coefficient (Wildman–Crippen LogP) is 4.22. The SMILES string of the molecule is CCCCCCc1ccc(C(N)CC)cc1. The zero-order valence-electron chi connectivity index (χ0n) is 10.7. The minimum Gasteiger partial charge on any atom is -0.324 e. The highest BCUT2D eigenvalue weighted by molar-refractivity contribution is 5.24. The summed E-state index contributed by atoms with van der Waals surface area (Å²) in [4.78, 5) is 0. The molecule has 1 atom stereocenters. The molecule has 0 amide bonds. The van der Waals surface area contributed by atoms with Gasteiger partial charge in [-0.25, -0.2) is 0 Å². The standard InChI is InChI=1S/C15H25N/c1-3-5-6-7-8-13-9-11-14(12-10-13)15(16)4-2/h9-12,15H,3-8,16H2,1-2H3. The quantitative estimate of drug-likeness (QED) is 0.683. The lowest BCUT2D eigenvalue weighted by molar-refractivity contribution is 0.665. The van der Waals surface area contributed by atoms with Crippen molar-refractivity contribution >= 4 is 0 Å². The van der Waals surface area contributed by atoms with Crippen molar-refractivity contribution in [3.05, 3.63) is 35.4 Å². The lowest BCUT2D eigenvalue weighted by Crippen LogP contribution is -2.08. The van der Waals surface area contributed by atoms with Gasteiger partial charge in [0.2, 0.25) is 0 Å². The van der Waals surface area contributed by atoms with E-state index in [0.29, 0.717) is 0 Å². The van der Waals surface area contributed by atoms with Crippen LogP contribution < -0.4 is 5.73 Å². The van der Waals surface area contributed by atoms with E-state index in [9.17, 15) is 0 Å². The Kier molecular flexibility index (Phi) is 6.17. The molecule has 0 aliphatic rings. The molecule has 2 N–H and O–H groups in total. The van der Waals surface area contributed by atoms with E-state index in [-0.39, 0.29) is 6.04 Å². The first-order chi connectivity index (χ1) is 7.77. The second-order valence-corrected chi connectivity index (χ2v) is 4.57. The Morgan fingerprint density at radius 3 is 2.25 bits per heavy atom. The summed E-state index contributed by atoms with van der Waals surface area (Å²) >= 11 is 0. The maximum absolute atomic E-state index is 5.98. The van der Waals surface area contributed by atoms with Crippen LogP contribution in [0.5, 0.6) is 0 Å². The Labute approximate surface area is 100 Å². The van der Waals surface area contributed by atoms with E-state index in [1.807, 2.05) is 0 Å². The average molecular weight is 219 g/mol. The molecule has 1 unspecified atom stereocenters. The van der Waals surface area contributed by atoms with Crippen LogP contribution in [0.4, 0.5) is 0 Å². The third-order valence-corrected chi connectivity index (χ3v) is 3.17. The molecule has 0 saturated heterocycles. The second kappa shape index (κ2) is 7.45. The Balaban J connectivity index is 2.39. The Morgan fingerprint density at radius 1 is 1.00 bits per heavy atom. The lowest BCUT2D eigenvalue weighted by Gasteiger charge is -2.09. The first kappa shape index (κ1) is 13.2. The normalized spacial score (nSPS) is 12.7. The van der Waals surface area contributed by atoms with Gasteiger partial charge in [0.05, 0.1) is 0 Å². The summed E-state index contributed by atoms with van der Waals surface area (Å²) in [6.45, 7) is 4.38. The molecular formula is C15H25N. The van der Waals surface area contributed by atoms with Crippen LogP contribution in [-0.2, 0) is 6.42 Å². The fraction of sp³-hybridized carbons (Fsp3) is 0.600. The van der Waals surface area contributed by atoms with Gasteiger partial charge in [0.15, 0.2) is 0 Å². The molecule has 0 radical (unpaired) electrons. The van der Waals surface area contributed by atoms with E-state index >= 15 is 0 Å². The fourth-order valence-electron chi connectivity index (χ4n) is 1.92. The van der Waals surface area contributed by atoms with E-state index in [0.717, 1.165) is 6.42 Å². The van der Waals surface area contributed by atoms with Crippen LogP contribution in [0.15, 0.2) is 24.3 Å². The first-order valence-electron chi connectivity index (χ1n) is 6.62. The summed E-state index contributed by atoms with van der Waals surface area (Å²) in [6, 6.07) is 9.04. The summed E-state index contributed by atoms with van der Waals surface area (Å²) in [6.07, 6.45) is 7.56. The fourth-order valence-corrected chi connectivity index (χ4v) is 1.92. The molecule has 1 heteroatoms. The third-order valence-electron chi connectivity index (χ3n) is 3.17. The van der Waals surface area contributed by atoms with E-state index < -0.39 is 0 Å². The number of rotatable bonds is 7. The molecule has 1 nitrogen and oxygen atoms in total. The van der Waals surface area contributed by atoms with Crippen LogP contribution in [0, 0.1) is 0 Å². The molecule has 0 heterocycles. The van der Waals surface area contributed by atoms with Crippen molar-refractivity contribution in [1.82, 2.24) is 0 Å². The van der Waals surface area contributed by atoms with Gasteiger partial charge in [-0.1, -0.05) is 57.4 Å². The number of unbranched alkanes of at least 4 members (excludes halogenated alkanes) is 3. The van der Waals surface area contributed by atoms with Crippen molar-refractivity contribution < 1.29 is 0 Å². The van der Waals surface area contributed by atoms with Crippen molar-refractivity contribution in [1.29, 1.82) is 0 Å². The molecule has 0 saturated carbocycles. The number of hydrogen-bond donors (Lipinski definition) is 1. The highest BCUT2D eigenvalue weighted by atomic mass is 14.6. The van der Waals surface area contributed by atoms with Crippen molar-refractivity contribution in [2.24, 2.45) is 5.73 Å². The average Bonchev–Trinajstić information content (AvgIpc) is 2.34. The van der Waals surface area contributed by atoms with Crippen LogP contribution in [0.2, 0.25) is 0 Å². The highest BCUT2D eigenvalue weighted by Crippen LogP contribution is 2.15.